The Kier molecular flexibility index (Phi) is 3.72. The standard InChI is InChI=1S/C10H20N2O/c1-3-5-9(4-2)12-7-8(11)6-10(12)13/h8-9H,3-7,11H2,1-2H3. The lowest BCUT2D eigenvalue weighted by atomic mass is 10.1. The molecule has 0 aromatic heterocycles. The fraction of sp³-hybridized carbons (Fsp3) is 0.900. The lowest BCUT2D eigenvalue weighted by Crippen LogP contribution is -2.37. The molecule has 0 aliphatic carbocycles. The van der Waals surface area contributed by atoms with Crippen LogP contribution in [0.2, 0.25) is 0 Å². The molecule has 0 radical (unpaired) electrons. The highest BCUT2D eigenvalue weighted by Gasteiger charge is 2.30. The van der Waals surface area contributed by atoms with Gasteiger partial charge in [0.2, 0.25) is 5.91 Å². The molecule has 76 valence electrons. The van der Waals surface area contributed by atoms with Gasteiger partial charge >= 0.3 is 0 Å². The molecule has 1 amide bonds. The van der Waals surface area contributed by atoms with Crippen molar-refractivity contribution in [2.45, 2.75) is 51.6 Å². The Morgan fingerprint density at radius 3 is 2.69 bits per heavy atom. The Morgan fingerprint density at radius 1 is 1.62 bits per heavy atom. The summed E-state index contributed by atoms with van der Waals surface area (Å²) in [5.41, 5.74) is 5.74. The van der Waals surface area contributed by atoms with Crippen LogP contribution in [-0.4, -0.2) is 29.4 Å². The zero-order valence-corrected chi connectivity index (χ0v) is 8.62. The predicted molar refractivity (Wildman–Crippen MR) is 53.3 cm³/mol. The van der Waals surface area contributed by atoms with Crippen LogP contribution in [0.1, 0.15) is 39.5 Å². The number of nitrogens with two attached hydrogens (primary N) is 1. The summed E-state index contributed by atoms with van der Waals surface area (Å²) in [4.78, 5) is 13.5. The molecule has 1 aliphatic heterocycles. The number of likely N-dealkylation sites (tertiary alicyclic amines) is 1. The van der Waals surface area contributed by atoms with E-state index < -0.39 is 0 Å². The van der Waals surface area contributed by atoms with Crippen molar-refractivity contribution in [2.75, 3.05) is 6.54 Å². The van der Waals surface area contributed by atoms with Crippen LogP contribution in [0.4, 0.5) is 0 Å². The number of hydrogen-bond acceptors (Lipinski definition) is 2. The smallest absolute Gasteiger partial charge is 0.224 e. The van der Waals surface area contributed by atoms with Gasteiger partial charge in [-0.2, -0.15) is 0 Å². The second kappa shape index (κ2) is 4.61. The van der Waals surface area contributed by atoms with Gasteiger partial charge in [-0.05, 0) is 12.8 Å². The Hall–Kier alpha value is -0.570. The molecule has 1 rings (SSSR count). The highest BCUT2D eigenvalue weighted by molar-refractivity contribution is 5.79. The van der Waals surface area contributed by atoms with Crippen LogP contribution in [0.3, 0.4) is 0 Å². The first-order chi connectivity index (χ1) is 6.19. The van der Waals surface area contributed by atoms with Gasteiger partial charge in [-0.1, -0.05) is 20.3 Å². The quantitative estimate of drug-likeness (QED) is 0.711. The third kappa shape index (κ3) is 2.44. The maximum atomic E-state index is 11.5. The minimum Gasteiger partial charge on any atom is -0.338 e. The van der Waals surface area contributed by atoms with Crippen molar-refractivity contribution in [1.82, 2.24) is 4.90 Å². The molecule has 0 spiro atoms. The number of carbonyl (C=O) groups is 1. The van der Waals surface area contributed by atoms with Gasteiger partial charge < -0.3 is 10.6 Å². The van der Waals surface area contributed by atoms with Crippen LogP contribution in [0.15, 0.2) is 0 Å². The average Bonchev–Trinajstić information content (AvgIpc) is 2.41. The largest absolute Gasteiger partial charge is 0.338 e. The van der Waals surface area contributed by atoms with Crippen molar-refractivity contribution in [3.63, 3.8) is 0 Å². The van der Waals surface area contributed by atoms with Gasteiger partial charge in [-0.3, -0.25) is 4.79 Å². The highest BCUT2D eigenvalue weighted by Crippen LogP contribution is 2.18. The lowest BCUT2D eigenvalue weighted by molar-refractivity contribution is -0.129. The first-order valence-corrected chi connectivity index (χ1v) is 5.24. The SMILES string of the molecule is CCCC(CC)N1CC(N)CC1=O. The molecule has 2 atom stereocenters. The highest BCUT2D eigenvalue weighted by atomic mass is 16.2. The zero-order chi connectivity index (χ0) is 9.84. The Morgan fingerprint density at radius 2 is 2.31 bits per heavy atom. The van der Waals surface area contributed by atoms with Gasteiger partial charge in [0.15, 0.2) is 0 Å². The van der Waals surface area contributed by atoms with Crippen molar-refractivity contribution < 1.29 is 4.79 Å². The molecule has 13 heavy (non-hydrogen) atoms. The van der Waals surface area contributed by atoms with Crippen molar-refractivity contribution in [2.24, 2.45) is 5.73 Å². The summed E-state index contributed by atoms with van der Waals surface area (Å²) in [6.45, 7) is 5.05. The summed E-state index contributed by atoms with van der Waals surface area (Å²) < 4.78 is 0. The number of hydrogen-bond donors (Lipinski definition) is 1. The van der Waals surface area contributed by atoms with Crippen LogP contribution in [0, 0.1) is 0 Å². The van der Waals surface area contributed by atoms with E-state index in [0.717, 1.165) is 25.8 Å². The van der Waals surface area contributed by atoms with Crippen LogP contribution in [0.25, 0.3) is 0 Å². The third-order valence-electron chi connectivity index (χ3n) is 2.72. The average molecular weight is 184 g/mol. The van der Waals surface area contributed by atoms with Crippen LogP contribution >= 0.6 is 0 Å². The fourth-order valence-corrected chi connectivity index (χ4v) is 2.03. The van der Waals surface area contributed by atoms with Gasteiger partial charge in [0.1, 0.15) is 0 Å². The molecule has 1 saturated heterocycles. The van der Waals surface area contributed by atoms with Crippen molar-refractivity contribution in [3.05, 3.63) is 0 Å². The van der Waals surface area contributed by atoms with Gasteiger partial charge in [0.05, 0.1) is 0 Å². The summed E-state index contributed by atoms with van der Waals surface area (Å²) in [6, 6.07) is 0.490. The lowest BCUT2D eigenvalue weighted by Gasteiger charge is -2.26. The number of carbonyl (C=O) groups excluding carboxylic acids is 1. The third-order valence-corrected chi connectivity index (χ3v) is 2.72. The number of nitrogens with zero attached hydrogens (tertiary/aromatic N) is 1. The summed E-state index contributed by atoms with van der Waals surface area (Å²) in [5, 5.41) is 0. The Balaban J connectivity index is 2.53. The molecule has 2 N–H and O–H groups in total. The molecule has 0 aromatic carbocycles. The van der Waals surface area contributed by atoms with Crippen LogP contribution < -0.4 is 5.73 Å². The van der Waals surface area contributed by atoms with Crippen molar-refractivity contribution in [1.29, 1.82) is 0 Å². The van der Waals surface area contributed by atoms with E-state index >= 15 is 0 Å². The molecule has 0 saturated carbocycles. The summed E-state index contributed by atoms with van der Waals surface area (Å²) >= 11 is 0. The van der Waals surface area contributed by atoms with Crippen LogP contribution in [0.5, 0.6) is 0 Å². The van der Waals surface area contributed by atoms with Crippen molar-refractivity contribution in [3.8, 4) is 0 Å². The minimum absolute atomic E-state index is 0.0680. The second-order valence-electron chi connectivity index (χ2n) is 3.86. The van der Waals surface area contributed by atoms with E-state index in [1.54, 1.807) is 0 Å². The molecule has 1 aliphatic rings. The van der Waals surface area contributed by atoms with E-state index in [-0.39, 0.29) is 11.9 Å². The van der Waals surface area contributed by atoms with Gasteiger partial charge in [-0.25, -0.2) is 0 Å². The number of rotatable bonds is 4. The molecule has 3 heteroatoms. The topological polar surface area (TPSA) is 46.3 Å². The first-order valence-electron chi connectivity index (χ1n) is 5.24. The summed E-state index contributed by atoms with van der Waals surface area (Å²) in [5.74, 6) is 0.243. The van der Waals surface area contributed by atoms with E-state index in [0.29, 0.717) is 12.5 Å². The molecule has 1 fully saturated rings. The van der Waals surface area contributed by atoms with E-state index in [2.05, 4.69) is 13.8 Å². The maximum Gasteiger partial charge on any atom is 0.224 e. The summed E-state index contributed by atoms with van der Waals surface area (Å²) in [6.07, 6.45) is 3.83. The maximum absolute atomic E-state index is 11.5. The van der Waals surface area contributed by atoms with E-state index in [1.165, 1.54) is 0 Å². The Labute approximate surface area is 80.3 Å². The molecular weight excluding hydrogens is 164 g/mol. The van der Waals surface area contributed by atoms with Gasteiger partial charge in [0, 0.05) is 25.0 Å². The van der Waals surface area contributed by atoms with E-state index in [4.69, 9.17) is 5.73 Å². The molecule has 2 unspecified atom stereocenters. The normalized spacial score (nSPS) is 25.3. The summed E-state index contributed by atoms with van der Waals surface area (Å²) in [7, 11) is 0. The van der Waals surface area contributed by atoms with E-state index in [9.17, 15) is 4.79 Å². The number of amides is 1. The first kappa shape index (κ1) is 10.5. The van der Waals surface area contributed by atoms with Gasteiger partial charge in [-0.15, -0.1) is 0 Å². The second-order valence-corrected chi connectivity index (χ2v) is 3.86. The fourth-order valence-electron chi connectivity index (χ4n) is 2.03. The molecular formula is C10H20N2O. The van der Waals surface area contributed by atoms with Gasteiger partial charge in [0.25, 0.3) is 0 Å². The molecule has 3 nitrogen and oxygen atoms in total. The van der Waals surface area contributed by atoms with Crippen LogP contribution in [-0.2, 0) is 4.79 Å². The Bertz CT molecular complexity index is 182. The monoisotopic (exact) mass is 184 g/mol. The molecule has 0 aromatic rings. The molecule has 0 bridgehead atoms. The predicted octanol–water partition coefficient (Wildman–Crippen LogP) is 1.12. The van der Waals surface area contributed by atoms with E-state index in [1.807, 2.05) is 4.90 Å². The minimum atomic E-state index is 0.0680. The zero-order valence-electron chi connectivity index (χ0n) is 8.62. The van der Waals surface area contributed by atoms with Crippen molar-refractivity contribution >= 4 is 5.91 Å². The molecule has 1 heterocycles.